The van der Waals surface area contributed by atoms with Gasteiger partial charge in [-0.15, -0.1) is 0 Å². The molecule has 0 aliphatic carbocycles. The minimum absolute atomic E-state index is 0.0179. The van der Waals surface area contributed by atoms with Gasteiger partial charge in [-0.3, -0.25) is 4.99 Å². The molecular formula is C13H15FN2O2S2. The van der Waals surface area contributed by atoms with Crippen molar-refractivity contribution in [3.05, 3.63) is 35.6 Å². The number of thioether (sulfide) groups is 1. The number of hydrogen-bond donors (Lipinski definition) is 0. The second-order valence-corrected chi connectivity index (χ2v) is 8.25. The third kappa shape index (κ3) is 2.69. The zero-order valence-corrected chi connectivity index (χ0v) is 12.6. The number of rotatable bonds is 2. The maximum atomic E-state index is 12.8. The lowest BCUT2D eigenvalue weighted by atomic mass is 10.2. The summed E-state index contributed by atoms with van der Waals surface area (Å²) >= 11 is 1.57. The summed E-state index contributed by atoms with van der Waals surface area (Å²) in [5.41, 5.74) is 1.03. The largest absolute Gasteiger partial charge is 0.348 e. The van der Waals surface area contributed by atoms with E-state index in [9.17, 15) is 12.8 Å². The van der Waals surface area contributed by atoms with Gasteiger partial charge in [0, 0.05) is 12.8 Å². The van der Waals surface area contributed by atoms with E-state index in [2.05, 4.69) is 4.99 Å². The van der Waals surface area contributed by atoms with Crippen molar-refractivity contribution in [3.8, 4) is 0 Å². The van der Waals surface area contributed by atoms with Crippen molar-refractivity contribution >= 4 is 26.8 Å². The maximum Gasteiger partial charge on any atom is 0.159 e. The molecule has 108 valence electrons. The first-order valence-corrected chi connectivity index (χ1v) is 9.14. The van der Waals surface area contributed by atoms with Gasteiger partial charge in [0.1, 0.15) is 5.82 Å². The molecule has 1 aromatic carbocycles. The van der Waals surface area contributed by atoms with Crippen molar-refractivity contribution in [1.82, 2.24) is 4.90 Å². The SMILES string of the molecule is CN1C(SCc2ccc(F)cc2)=N[C@H]2CS(=O)(=O)C[C@H]21. The van der Waals surface area contributed by atoms with Crippen LogP contribution in [0.1, 0.15) is 5.56 Å². The van der Waals surface area contributed by atoms with Crippen LogP contribution < -0.4 is 0 Å². The summed E-state index contributed by atoms with van der Waals surface area (Å²) < 4.78 is 36.0. The van der Waals surface area contributed by atoms with Gasteiger partial charge in [0.05, 0.1) is 23.6 Å². The van der Waals surface area contributed by atoms with Crippen LogP contribution in [0, 0.1) is 5.82 Å². The summed E-state index contributed by atoms with van der Waals surface area (Å²) in [7, 11) is -1.04. The Morgan fingerprint density at radius 3 is 2.70 bits per heavy atom. The predicted molar refractivity (Wildman–Crippen MR) is 79.1 cm³/mol. The summed E-state index contributed by atoms with van der Waals surface area (Å²) in [5.74, 6) is 0.810. The summed E-state index contributed by atoms with van der Waals surface area (Å²) in [6, 6.07) is 6.25. The molecule has 2 aliphatic heterocycles. The van der Waals surface area contributed by atoms with Crippen LogP contribution in [-0.2, 0) is 15.6 Å². The molecule has 1 aromatic rings. The van der Waals surface area contributed by atoms with Crippen molar-refractivity contribution < 1.29 is 12.8 Å². The van der Waals surface area contributed by atoms with E-state index in [4.69, 9.17) is 0 Å². The Bertz CT molecular complexity index is 643. The fourth-order valence-electron chi connectivity index (χ4n) is 2.55. The lowest BCUT2D eigenvalue weighted by molar-refractivity contribution is 0.410. The van der Waals surface area contributed by atoms with E-state index in [0.29, 0.717) is 5.75 Å². The summed E-state index contributed by atoms with van der Waals surface area (Å²) in [6.45, 7) is 0. The van der Waals surface area contributed by atoms with Crippen molar-refractivity contribution in [1.29, 1.82) is 0 Å². The molecule has 7 heteroatoms. The zero-order valence-electron chi connectivity index (χ0n) is 11.0. The molecule has 1 saturated heterocycles. The minimum atomic E-state index is -2.93. The monoisotopic (exact) mass is 314 g/mol. The molecule has 0 aromatic heterocycles. The second kappa shape index (κ2) is 5.04. The summed E-state index contributed by atoms with van der Waals surface area (Å²) in [5, 5.41) is 0.874. The summed E-state index contributed by atoms with van der Waals surface area (Å²) in [6.07, 6.45) is 0. The van der Waals surface area contributed by atoms with Crippen molar-refractivity contribution in [3.63, 3.8) is 0 Å². The zero-order chi connectivity index (χ0) is 14.3. The van der Waals surface area contributed by atoms with Gasteiger partial charge in [-0.05, 0) is 17.7 Å². The number of amidine groups is 1. The van der Waals surface area contributed by atoms with Crippen LogP contribution in [0.15, 0.2) is 29.3 Å². The Balaban J connectivity index is 1.66. The van der Waals surface area contributed by atoms with Gasteiger partial charge in [-0.25, -0.2) is 12.8 Å². The highest BCUT2D eigenvalue weighted by Crippen LogP contribution is 2.30. The van der Waals surface area contributed by atoms with Crippen LogP contribution in [0.2, 0.25) is 0 Å². The molecule has 2 atom stereocenters. The fraction of sp³-hybridized carbons (Fsp3) is 0.462. The average molecular weight is 314 g/mol. The van der Waals surface area contributed by atoms with Crippen molar-refractivity contribution in [2.75, 3.05) is 18.6 Å². The van der Waals surface area contributed by atoms with Gasteiger partial charge < -0.3 is 4.90 Å². The standard InChI is InChI=1S/C13H15FN2O2S2/c1-16-12-8-20(17,18)7-11(12)15-13(16)19-6-9-2-4-10(14)5-3-9/h2-5,11-12H,6-8H2,1H3/t11-,12+/m0/s1. The van der Waals surface area contributed by atoms with Crippen molar-refractivity contribution in [2.45, 2.75) is 17.8 Å². The Kier molecular flexibility index (Phi) is 3.50. The van der Waals surface area contributed by atoms with Gasteiger partial charge in [-0.1, -0.05) is 23.9 Å². The molecule has 2 heterocycles. The first-order valence-electron chi connectivity index (χ1n) is 6.33. The van der Waals surface area contributed by atoms with Gasteiger partial charge >= 0.3 is 0 Å². The van der Waals surface area contributed by atoms with Gasteiger partial charge in [0.2, 0.25) is 0 Å². The Labute approximate surface area is 122 Å². The van der Waals surface area contributed by atoms with E-state index in [1.54, 1.807) is 23.9 Å². The molecule has 0 N–H and O–H groups in total. The molecule has 0 bridgehead atoms. The minimum Gasteiger partial charge on any atom is -0.348 e. The average Bonchev–Trinajstić information content (AvgIpc) is 2.83. The molecule has 0 amide bonds. The van der Waals surface area contributed by atoms with Gasteiger partial charge in [0.25, 0.3) is 0 Å². The maximum absolute atomic E-state index is 12.8. The Morgan fingerprint density at radius 1 is 1.35 bits per heavy atom. The number of fused-ring (bicyclic) bond motifs is 1. The summed E-state index contributed by atoms with van der Waals surface area (Å²) in [4.78, 5) is 6.47. The molecular weight excluding hydrogens is 299 g/mol. The van der Waals surface area contributed by atoms with E-state index in [0.717, 1.165) is 10.7 Å². The third-order valence-corrected chi connectivity index (χ3v) is 6.48. The Hall–Kier alpha value is -1.08. The molecule has 0 spiro atoms. The molecule has 0 unspecified atom stereocenters. The quantitative estimate of drug-likeness (QED) is 0.830. The van der Waals surface area contributed by atoms with E-state index in [1.807, 2.05) is 11.9 Å². The molecule has 4 nitrogen and oxygen atoms in total. The number of aliphatic imine (C=N–C) groups is 1. The van der Waals surface area contributed by atoms with Crippen LogP contribution in [0.25, 0.3) is 0 Å². The first kappa shape index (κ1) is 13.9. The van der Waals surface area contributed by atoms with Crippen LogP contribution in [0.4, 0.5) is 4.39 Å². The predicted octanol–water partition coefficient (Wildman–Crippen LogP) is 1.53. The molecule has 20 heavy (non-hydrogen) atoms. The molecule has 0 saturated carbocycles. The normalized spacial score (nSPS) is 27.5. The number of likely N-dealkylation sites (N-methyl/N-ethyl adjacent to an activating group) is 1. The second-order valence-electron chi connectivity index (χ2n) is 5.15. The third-order valence-electron chi connectivity index (χ3n) is 3.65. The number of sulfone groups is 1. The van der Waals surface area contributed by atoms with Gasteiger partial charge in [-0.2, -0.15) is 0 Å². The van der Waals surface area contributed by atoms with E-state index < -0.39 is 9.84 Å². The van der Waals surface area contributed by atoms with Crippen LogP contribution >= 0.6 is 11.8 Å². The van der Waals surface area contributed by atoms with Crippen molar-refractivity contribution in [2.24, 2.45) is 4.99 Å². The Morgan fingerprint density at radius 2 is 2.05 bits per heavy atom. The van der Waals surface area contributed by atoms with Crippen LogP contribution in [0.5, 0.6) is 0 Å². The first-order chi connectivity index (χ1) is 9.44. The van der Waals surface area contributed by atoms with E-state index in [-0.39, 0.29) is 29.4 Å². The number of nitrogens with zero attached hydrogens (tertiary/aromatic N) is 2. The number of hydrogen-bond acceptors (Lipinski definition) is 5. The van der Waals surface area contributed by atoms with Crippen LogP contribution in [-0.4, -0.2) is 49.1 Å². The number of benzene rings is 1. The smallest absolute Gasteiger partial charge is 0.159 e. The molecule has 2 aliphatic rings. The highest BCUT2D eigenvalue weighted by atomic mass is 32.2. The highest BCUT2D eigenvalue weighted by molar-refractivity contribution is 8.13. The van der Waals surface area contributed by atoms with E-state index >= 15 is 0 Å². The van der Waals surface area contributed by atoms with E-state index in [1.165, 1.54) is 12.1 Å². The molecule has 1 fully saturated rings. The number of halogens is 1. The van der Waals surface area contributed by atoms with Gasteiger partial charge in [0.15, 0.2) is 15.0 Å². The highest BCUT2D eigenvalue weighted by Gasteiger charge is 2.44. The lowest BCUT2D eigenvalue weighted by Gasteiger charge is -2.20. The topological polar surface area (TPSA) is 49.7 Å². The molecule has 3 rings (SSSR count). The lowest BCUT2D eigenvalue weighted by Crippen LogP contribution is -2.35. The van der Waals surface area contributed by atoms with Crippen LogP contribution in [0.3, 0.4) is 0 Å². The molecule has 0 radical (unpaired) electrons. The fourth-order valence-corrected chi connectivity index (χ4v) is 5.50.